The van der Waals surface area contributed by atoms with Gasteiger partial charge < -0.3 is 19.8 Å². The molecule has 1 aromatic heterocycles. The van der Waals surface area contributed by atoms with Crippen molar-refractivity contribution in [2.45, 2.75) is 19.1 Å². The minimum absolute atomic E-state index is 0. The van der Waals surface area contributed by atoms with Crippen molar-refractivity contribution in [3.8, 4) is 5.75 Å². The van der Waals surface area contributed by atoms with Crippen LogP contribution in [0.1, 0.15) is 22.7 Å². The summed E-state index contributed by atoms with van der Waals surface area (Å²) in [6, 6.07) is 16.0. The van der Waals surface area contributed by atoms with Gasteiger partial charge in [0, 0.05) is 35.2 Å². The molecule has 6 heteroatoms. The van der Waals surface area contributed by atoms with Crippen LogP contribution in [0.5, 0.6) is 5.75 Å². The Hall–Kier alpha value is -2.50. The van der Waals surface area contributed by atoms with E-state index in [0.29, 0.717) is 19.7 Å². The van der Waals surface area contributed by atoms with Gasteiger partial charge >= 0.3 is 5.97 Å². The molecule has 5 nitrogen and oxygen atoms in total. The van der Waals surface area contributed by atoms with Crippen LogP contribution in [0.15, 0.2) is 48.5 Å². The Kier molecular flexibility index (Phi) is 5.49. The first-order valence-electron chi connectivity index (χ1n) is 8.36. The number of aromatic amines is 1. The molecule has 26 heavy (non-hydrogen) atoms. The van der Waals surface area contributed by atoms with Crippen molar-refractivity contribution >= 4 is 29.3 Å². The van der Waals surface area contributed by atoms with Crippen LogP contribution in [0.2, 0.25) is 0 Å². The Morgan fingerprint density at radius 3 is 2.73 bits per heavy atom. The monoisotopic (exact) mass is 372 g/mol. The molecule has 0 saturated heterocycles. The van der Waals surface area contributed by atoms with Crippen molar-refractivity contribution < 1.29 is 14.3 Å². The fourth-order valence-electron chi connectivity index (χ4n) is 3.46. The number of halogens is 1. The zero-order valence-corrected chi connectivity index (χ0v) is 15.3. The summed E-state index contributed by atoms with van der Waals surface area (Å²) >= 11 is 0. The van der Waals surface area contributed by atoms with Crippen LogP contribution in [0.4, 0.5) is 0 Å². The number of benzene rings is 2. The first-order valence-corrected chi connectivity index (χ1v) is 8.36. The quantitative estimate of drug-likeness (QED) is 0.688. The molecule has 2 heterocycles. The number of rotatable bonds is 4. The summed E-state index contributed by atoms with van der Waals surface area (Å²) in [5, 5.41) is 4.25. The van der Waals surface area contributed by atoms with E-state index in [1.165, 1.54) is 7.11 Å². The molecule has 0 amide bonds. The first kappa shape index (κ1) is 18.3. The fourth-order valence-corrected chi connectivity index (χ4v) is 3.46. The Morgan fingerprint density at radius 1 is 1.15 bits per heavy atom. The minimum Gasteiger partial charge on any atom is -0.488 e. The van der Waals surface area contributed by atoms with Crippen LogP contribution in [0.3, 0.4) is 0 Å². The fraction of sp³-hybridized carbons (Fsp3) is 0.250. The third kappa shape index (κ3) is 3.28. The summed E-state index contributed by atoms with van der Waals surface area (Å²) in [6.45, 7) is 1.76. The van der Waals surface area contributed by atoms with Gasteiger partial charge in [0.05, 0.1) is 13.0 Å². The van der Waals surface area contributed by atoms with Gasteiger partial charge in [-0.1, -0.05) is 36.4 Å². The number of aromatic nitrogens is 1. The largest absolute Gasteiger partial charge is 0.488 e. The summed E-state index contributed by atoms with van der Waals surface area (Å²) < 4.78 is 11.1. The molecule has 3 aromatic rings. The van der Waals surface area contributed by atoms with Crippen molar-refractivity contribution in [1.82, 2.24) is 10.3 Å². The molecule has 4 rings (SSSR count). The van der Waals surface area contributed by atoms with Crippen LogP contribution < -0.4 is 10.1 Å². The molecular weight excluding hydrogens is 352 g/mol. The van der Waals surface area contributed by atoms with Crippen molar-refractivity contribution in [3.63, 3.8) is 0 Å². The molecule has 0 bridgehead atoms. The number of esters is 1. The van der Waals surface area contributed by atoms with Crippen LogP contribution in [0, 0.1) is 0 Å². The molecular formula is C20H21ClN2O3. The van der Waals surface area contributed by atoms with E-state index < -0.39 is 0 Å². The first-order chi connectivity index (χ1) is 12.3. The average molecular weight is 373 g/mol. The number of carbonyl (C=O) groups excluding carboxylic acids is 1. The third-order valence-corrected chi connectivity index (χ3v) is 4.63. The maximum absolute atomic E-state index is 12.2. The molecule has 1 aliphatic rings. The number of hydrogen-bond donors (Lipinski definition) is 2. The second-order valence-electron chi connectivity index (χ2n) is 6.18. The molecule has 1 atom stereocenters. The zero-order chi connectivity index (χ0) is 17.2. The summed E-state index contributed by atoms with van der Waals surface area (Å²) in [5.41, 5.74) is 4.10. The molecule has 0 spiro atoms. The maximum atomic E-state index is 12.2. The zero-order valence-electron chi connectivity index (χ0n) is 14.5. The predicted molar refractivity (Wildman–Crippen MR) is 103 cm³/mol. The van der Waals surface area contributed by atoms with E-state index in [0.717, 1.165) is 33.5 Å². The smallest absolute Gasteiger partial charge is 0.314 e. The van der Waals surface area contributed by atoms with Crippen LogP contribution in [-0.2, 0) is 22.7 Å². The molecule has 2 aromatic carbocycles. The topological polar surface area (TPSA) is 63.3 Å². The van der Waals surface area contributed by atoms with Crippen molar-refractivity contribution in [1.29, 1.82) is 0 Å². The lowest BCUT2D eigenvalue weighted by atomic mass is 9.92. The molecule has 1 unspecified atom stereocenters. The standard InChI is InChI=1S/C20H20N2O3.ClH/c1-24-20(23)14-10-21-11-16-18(14)19-15(22-16)8-5-9-17(19)25-12-13-6-3-2-4-7-13;/h2-9,14,21-22H,10-12H2,1H3;1H. The Labute approximate surface area is 158 Å². The van der Waals surface area contributed by atoms with Gasteiger partial charge in [0.15, 0.2) is 0 Å². The molecule has 136 valence electrons. The maximum Gasteiger partial charge on any atom is 0.314 e. The summed E-state index contributed by atoms with van der Waals surface area (Å²) in [6.07, 6.45) is 0. The van der Waals surface area contributed by atoms with E-state index >= 15 is 0 Å². The molecule has 0 saturated carbocycles. The van der Waals surface area contributed by atoms with E-state index in [4.69, 9.17) is 9.47 Å². The highest BCUT2D eigenvalue weighted by Gasteiger charge is 2.31. The van der Waals surface area contributed by atoms with Crippen LogP contribution >= 0.6 is 12.4 Å². The second-order valence-corrected chi connectivity index (χ2v) is 6.18. The van der Waals surface area contributed by atoms with E-state index in [-0.39, 0.29) is 24.3 Å². The van der Waals surface area contributed by atoms with Crippen LogP contribution in [0.25, 0.3) is 10.9 Å². The summed E-state index contributed by atoms with van der Waals surface area (Å²) in [5.74, 6) is 0.228. The summed E-state index contributed by atoms with van der Waals surface area (Å²) in [7, 11) is 1.43. The molecule has 0 fully saturated rings. The van der Waals surface area contributed by atoms with Gasteiger partial charge in [-0.25, -0.2) is 0 Å². The van der Waals surface area contributed by atoms with Gasteiger partial charge in [-0.3, -0.25) is 4.79 Å². The highest BCUT2D eigenvalue weighted by Crippen LogP contribution is 2.38. The molecule has 0 aliphatic carbocycles. The Bertz CT molecular complexity index is 908. The average Bonchev–Trinajstić information content (AvgIpc) is 3.05. The van der Waals surface area contributed by atoms with Crippen LogP contribution in [-0.4, -0.2) is 24.6 Å². The number of fused-ring (bicyclic) bond motifs is 3. The van der Waals surface area contributed by atoms with E-state index in [1.807, 2.05) is 48.5 Å². The third-order valence-electron chi connectivity index (χ3n) is 4.63. The van der Waals surface area contributed by atoms with Gasteiger partial charge in [0.2, 0.25) is 0 Å². The lowest BCUT2D eigenvalue weighted by Gasteiger charge is -2.22. The molecule has 1 aliphatic heterocycles. The van der Waals surface area contributed by atoms with E-state index in [1.54, 1.807) is 0 Å². The lowest BCUT2D eigenvalue weighted by molar-refractivity contribution is -0.142. The number of H-pyrrole nitrogens is 1. The number of nitrogens with one attached hydrogen (secondary N) is 2. The van der Waals surface area contributed by atoms with Gasteiger partial charge in [-0.15, -0.1) is 12.4 Å². The minimum atomic E-state index is -0.330. The molecule has 0 radical (unpaired) electrons. The predicted octanol–water partition coefficient (Wildman–Crippen LogP) is 3.53. The van der Waals surface area contributed by atoms with Crippen molar-refractivity contribution in [3.05, 3.63) is 65.4 Å². The van der Waals surface area contributed by atoms with Crippen molar-refractivity contribution in [2.24, 2.45) is 0 Å². The Balaban J connectivity index is 0.00000196. The number of ether oxygens (including phenoxy) is 2. The van der Waals surface area contributed by atoms with Gasteiger partial charge in [-0.2, -0.15) is 0 Å². The van der Waals surface area contributed by atoms with Crippen molar-refractivity contribution in [2.75, 3.05) is 13.7 Å². The number of carbonyl (C=O) groups is 1. The summed E-state index contributed by atoms with van der Waals surface area (Å²) in [4.78, 5) is 15.7. The second kappa shape index (κ2) is 7.81. The highest BCUT2D eigenvalue weighted by atomic mass is 35.5. The van der Waals surface area contributed by atoms with Gasteiger partial charge in [0.1, 0.15) is 12.4 Å². The Morgan fingerprint density at radius 2 is 1.96 bits per heavy atom. The number of methoxy groups -OCH3 is 1. The van der Waals surface area contributed by atoms with E-state index in [9.17, 15) is 4.79 Å². The normalized spacial score (nSPS) is 15.8. The number of hydrogen-bond acceptors (Lipinski definition) is 4. The van der Waals surface area contributed by atoms with E-state index in [2.05, 4.69) is 10.3 Å². The molecule has 2 N–H and O–H groups in total. The lowest BCUT2D eigenvalue weighted by Crippen LogP contribution is -2.33. The van der Waals surface area contributed by atoms with Gasteiger partial charge in [-0.05, 0) is 17.7 Å². The highest BCUT2D eigenvalue weighted by molar-refractivity contribution is 5.95. The van der Waals surface area contributed by atoms with Gasteiger partial charge in [0.25, 0.3) is 0 Å². The SMILES string of the molecule is COC(=O)C1CNCc2[nH]c3cccc(OCc4ccccc4)c3c21.Cl.